The summed E-state index contributed by atoms with van der Waals surface area (Å²) in [5.41, 5.74) is 0.996. The van der Waals surface area contributed by atoms with Crippen molar-refractivity contribution >= 4 is 10.0 Å². The van der Waals surface area contributed by atoms with E-state index >= 15 is 0 Å². The zero-order valence-corrected chi connectivity index (χ0v) is 12.4. The van der Waals surface area contributed by atoms with Gasteiger partial charge in [-0.15, -0.1) is 0 Å². The number of hydrogen-bond donors (Lipinski definition) is 1. The molecule has 19 heavy (non-hydrogen) atoms. The lowest BCUT2D eigenvalue weighted by Gasteiger charge is -2.21. The number of rotatable bonds is 7. The highest BCUT2D eigenvalue weighted by atomic mass is 32.2. The van der Waals surface area contributed by atoms with Crippen LogP contribution < -0.4 is 5.32 Å². The monoisotopic (exact) mass is 282 g/mol. The predicted molar refractivity (Wildman–Crippen MR) is 76.4 cm³/mol. The Kier molecular flexibility index (Phi) is 4.60. The third-order valence-corrected chi connectivity index (χ3v) is 5.23. The fourth-order valence-electron chi connectivity index (χ4n) is 2.24. The van der Waals surface area contributed by atoms with Gasteiger partial charge in [-0.2, -0.15) is 4.31 Å². The molecule has 1 aromatic carbocycles. The maximum Gasteiger partial charge on any atom is 0.243 e. The molecule has 2 rings (SSSR count). The largest absolute Gasteiger partial charge is 0.316 e. The molecule has 0 atom stereocenters. The van der Waals surface area contributed by atoms with Crippen LogP contribution in [0.1, 0.15) is 31.7 Å². The van der Waals surface area contributed by atoms with Crippen molar-refractivity contribution in [2.75, 3.05) is 13.6 Å². The van der Waals surface area contributed by atoms with Crippen LogP contribution >= 0.6 is 0 Å². The summed E-state index contributed by atoms with van der Waals surface area (Å²) in [6.45, 7) is 3.31. The Morgan fingerprint density at radius 2 is 2.11 bits per heavy atom. The van der Waals surface area contributed by atoms with Crippen molar-refractivity contribution in [3.05, 3.63) is 29.8 Å². The summed E-state index contributed by atoms with van der Waals surface area (Å²) in [5, 5.41) is 3.04. The van der Waals surface area contributed by atoms with Crippen molar-refractivity contribution in [2.45, 2.75) is 43.7 Å². The summed E-state index contributed by atoms with van der Waals surface area (Å²) < 4.78 is 27.0. The van der Waals surface area contributed by atoms with Crippen molar-refractivity contribution in [2.24, 2.45) is 0 Å². The molecule has 1 aromatic rings. The zero-order chi connectivity index (χ0) is 13.9. The molecule has 4 nitrogen and oxygen atoms in total. The van der Waals surface area contributed by atoms with E-state index in [-0.39, 0.29) is 6.04 Å². The van der Waals surface area contributed by atoms with Crippen LogP contribution in [0, 0.1) is 0 Å². The van der Waals surface area contributed by atoms with Crippen LogP contribution in [-0.4, -0.2) is 32.4 Å². The van der Waals surface area contributed by atoms with Crippen LogP contribution in [0.2, 0.25) is 0 Å². The van der Waals surface area contributed by atoms with Crippen molar-refractivity contribution < 1.29 is 8.42 Å². The molecule has 1 N–H and O–H groups in total. The van der Waals surface area contributed by atoms with E-state index in [1.54, 1.807) is 16.4 Å². The molecule has 1 saturated carbocycles. The maximum absolute atomic E-state index is 12.7. The van der Waals surface area contributed by atoms with Crippen molar-refractivity contribution in [1.82, 2.24) is 9.62 Å². The van der Waals surface area contributed by atoms with Gasteiger partial charge in [0.1, 0.15) is 0 Å². The highest BCUT2D eigenvalue weighted by Gasteiger charge is 2.37. The fraction of sp³-hybridized carbons (Fsp3) is 0.571. The van der Waals surface area contributed by atoms with Gasteiger partial charge in [0, 0.05) is 19.1 Å². The summed E-state index contributed by atoms with van der Waals surface area (Å²) in [5.74, 6) is 0. The summed E-state index contributed by atoms with van der Waals surface area (Å²) in [4.78, 5) is 0.417. The number of nitrogens with zero attached hydrogens (tertiary/aromatic N) is 1. The first-order valence-electron chi connectivity index (χ1n) is 6.85. The molecule has 1 aliphatic carbocycles. The maximum atomic E-state index is 12.7. The van der Waals surface area contributed by atoms with Gasteiger partial charge in [0.15, 0.2) is 0 Å². The molecule has 0 heterocycles. The van der Waals surface area contributed by atoms with Crippen LogP contribution in [0.3, 0.4) is 0 Å². The minimum Gasteiger partial charge on any atom is -0.316 e. The van der Waals surface area contributed by atoms with Gasteiger partial charge in [-0.05, 0) is 44.0 Å². The minimum atomic E-state index is -3.34. The Labute approximate surface area is 115 Å². The Hall–Kier alpha value is -0.910. The molecule has 1 aliphatic rings. The standard InChI is InChI=1S/C14H22N2O2S/c1-3-9-16(13-7-8-13)19(17,18)14-6-4-5-12(10-14)11-15-2/h4-6,10,13,15H,3,7-9,11H2,1-2H3. The minimum absolute atomic E-state index is 0.220. The highest BCUT2D eigenvalue weighted by Crippen LogP contribution is 2.32. The fourth-order valence-corrected chi connectivity index (χ4v) is 4.09. The van der Waals surface area contributed by atoms with Gasteiger partial charge in [-0.25, -0.2) is 8.42 Å². The molecule has 0 spiro atoms. The quantitative estimate of drug-likeness (QED) is 0.832. The smallest absolute Gasteiger partial charge is 0.243 e. The summed E-state index contributed by atoms with van der Waals surface area (Å²) in [6, 6.07) is 7.45. The molecule has 0 bridgehead atoms. The SMILES string of the molecule is CCCN(C1CC1)S(=O)(=O)c1cccc(CNC)c1. The average Bonchev–Trinajstić information content (AvgIpc) is 3.21. The molecule has 0 radical (unpaired) electrons. The molecule has 0 aliphatic heterocycles. The topological polar surface area (TPSA) is 49.4 Å². The predicted octanol–water partition coefficient (Wildman–Crippen LogP) is 1.97. The number of hydrogen-bond acceptors (Lipinski definition) is 3. The summed E-state index contributed by atoms with van der Waals surface area (Å²) >= 11 is 0. The Morgan fingerprint density at radius 1 is 1.37 bits per heavy atom. The Bertz CT molecular complexity index is 524. The van der Waals surface area contributed by atoms with E-state index in [0.29, 0.717) is 18.0 Å². The molecule has 0 saturated heterocycles. The van der Waals surface area contributed by atoms with Gasteiger partial charge in [0.05, 0.1) is 4.90 Å². The van der Waals surface area contributed by atoms with E-state index in [0.717, 1.165) is 24.8 Å². The van der Waals surface area contributed by atoms with E-state index in [2.05, 4.69) is 5.32 Å². The Morgan fingerprint density at radius 3 is 2.68 bits per heavy atom. The van der Waals surface area contributed by atoms with E-state index in [4.69, 9.17) is 0 Å². The lowest BCUT2D eigenvalue weighted by atomic mass is 10.2. The Balaban J connectivity index is 2.29. The summed E-state index contributed by atoms with van der Waals surface area (Å²) in [7, 11) is -1.48. The first-order valence-corrected chi connectivity index (χ1v) is 8.29. The van der Waals surface area contributed by atoms with Crippen LogP contribution in [0.4, 0.5) is 0 Å². The van der Waals surface area contributed by atoms with Gasteiger partial charge < -0.3 is 5.32 Å². The first kappa shape index (κ1) is 14.5. The van der Waals surface area contributed by atoms with Gasteiger partial charge in [-0.3, -0.25) is 0 Å². The molecular weight excluding hydrogens is 260 g/mol. The highest BCUT2D eigenvalue weighted by molar-refractivity contribution is 7.89. The lowest BCUT2D eigenvalue weighted by molar-refractivity contribution is 0.403. The van der Waals surface area contributed by atoms with Crippen LogP contribution in [-0.2, 0) is 16.6 Å². The van der Waals surface area contributed by atoms with Crippen LogP contribution in [0.25, 0.3) is 0 Å². The van der Waals surface area contributed by atoms with Crippen molar-refractivity contribution in [1.29, 1.82) is 0 Å². The van der Waals surface area contributed by atoms with E-state index < -0.39 is 10.0 Å². The first-order chi connectivity index (χ1) is 9.09. The second kappa shape index (κ2) is 6.03. The van der Waals surface area contributed by atoms with Gasteiger partial charge in [0.2, 0.25) is 10.0 Å². The third-order valence-electron chi connectivity index (χ3n) is 3.28. The van der Waals surface area contributed by atoms with Crippen molar-refractivity contribution in [3.8, 4) is 0 Å². The van der Waals surface area contributed by atoms with E-state index in [9.17, 15) is 8.42 Å². The molecular formula is C14H22N2O2S. The van der Waals surface area contributed by atoms with Crippen LogP contribution in [0.15, 0.2) is 29.2 Å². The van der Waals surface area contributed by atoms with E-state index in [1.807, 2.05) is 26.1 Å². The molecule has 1 fully saturated rings. The normalized spacial score (nSPS) is 15.9. The van der Waals surface area contributed by atoms with E-state index in [1.165, 1.54) is 0 Å². The van der Waals surface area contributed by atoms with Crippen LogP contribution in [0.5, 0.6) is 0 Å². The van der Waals surface area contributed by atoms with Gasteiger partial charge >= 0.3 is 0 Å². The lowest BCUT2D eigenvalue weighted by Crippen LogP contribution is -2.33. The second-order valence-electron chi connectivity index (χ2n) is 5.02. The second-order valence-corrected chi connectivity index (χ2v) is 6.92. The number of benzene rings is 1. The number of sulfonamides is 1. The number of nitrogens with one attached hydrogen (secondary N) is 1. The molecule has 0 unspecified atom stereocenters. The molecule has 106 valence electrons. The summed E-state index contributed by atoms with van der Waals surface area (Å²) in [6.07, 6.45) is 2.84. The van der Waals surface area contributed by atoms with Gasteiger partial charge in [-0.1, -0.05) is 19.1 Å². The third kappa shape index (κ3) is 3.35. The van der Waals surface area contributed by atoms with Crippen molar-refractivity contribution in [3.63, 3.8) is 0 Å². The molecule has 0 aromatic heterocycles. The van der Waals surface area contributed by atoms with Gasteiger partial charge in [0.25, 0.3) is 0 Å². The molecule has 5 heteroatoms. The zero-order valence-electron chi connectivity index (χ0n) is 11.6. The average molecular weight is 282 g/mol. The molecule has 0 amide bonds.